The highest BCUT2D eigenvalue weighted by Gasteiger charge is 2.42. The number of ether oxygens (including phenoxy) is 1. The zero-order chi connectivity index (χ0) is 23.0. The molecular weight excluding hydrogens is 504 g/mol. The van der Waals surface area contributed by atoms with Crippen molar-refractivity contribution in [3.05, 3.63) is 77.3 Å². The molecule has 2 atom stereocenters. The van der Waals surface area contributed by atoms with Gasteiger partial charge < -0.3 is 4.74 Å². The van der Waals surface area contributed by atoms with Crippen LogP contribution in [0, 0.1) is 5.92 Å². The van der Waals surface area contributed by atoms with E-state index in [1.165, 1.54) is 4.31 Å². The number of piperidine rings is 1. The van der Waals surface area contributed by atoms with Gasteiger partial charge in [0.15, 0.2) is 0 Å². The quantitative estimate of drug-likeness (QED) is 0.571. The van der Waals surface area contributed by atoms with E-state index in [2.05, 4.69) is 22.0 Å². The Balaban J connectivity index is 1.27. The van der Waals surface area contributed by atoms with E-state index < -0.39 is 10.0 Å². The molecule has 8 heteroatoms. The number of fused-ring (bicyclic) bond motifs is 1. The van der Waals surface area contributed by atoms with Crippen molar-refractivity contribution < 1.29 is 17.9 Å². The molecule has 2 fully saturated rings. The second-order valence-corrected chi connectivity index (χ2v) is 11.4. The van der Waals surface area contributed by atoms with Crippen LogP contribution in [0.5, 0.6) is 0 Å². The van der Waals surface area contributed by atoms with Crippen molar-refractivity contribution in [1.82, 2.24) is 9.21 Å². The molecule has 1 aliphatic carbocycles. The van der Waals surface area contributed by atoms with E-state index in [1.54, 1.807) is 17.0 Å². The second-order valence-electron chi connectivity index (χ2n) is 8.57. The third kappa shape index (κ3) is 4.39. The van der Waals surface area contributed by atoms with Gasteiger partial charge in [-0.25, -0.2) is 13.2 Å². The summed E-state index contributed by atoms with van der Waals surface area (Å²) in [6.45, 7) is 1.11. The summed E-state index contributed by atoms with van der Waals surface area (Å²) in [6.07, 6.45) is 6.92. The molecule has 0 aromatic heterocycles. The van der Waals surface area contributed by atoms with E-state index >= 15 is 0 Å². The maximum absolute atomic E-state index is 13.2. The van der Waals surface area contributed by atoms with Gasteiger partial charge in [0.25, 0.3) is 0 Å². The first-order chi connectivity index (χ1) is 15.9. The van der Waals surface area contributed by atoms with Crippen LogP contribution in [-0.4, -0.2) is 55.5 Å². The molecule has 5 rings (SSSR count). The molecule has 0 bridgehead atoms. The van der Waals surface area contributed by atoms with Crippen LogP contribution in [0.3, 0.4) is 0 Å². The third-order valence-electron chi connectivity index (χ3n) is 6.61. The van der Waals surface area contributed by atoms with Gasteiger partial charge in [-0.1, -0.05) is 76.6 Å². The summed E-state index contributed by atoms with van der Waals surface area (Å²) >= 11 is 3.49. The number of hydrogen-bond acceptors (Lipinski definition) is 4. The number of carbonyl (C=O) groups is 1. The molecule has 172 valence electrons. The number of carbonyl (C=O) groups excluding carboxylic acids is 1. The fourth-order valence-corrected chi connectivity index (χ4v) is 6.82. The normalized spacial score (nSPS) is 24.2. The Morgan fingerprint density at radius 1 is 0.939 bits per heavy atom. The monoisotopic (exact) mass is 528 g/mol. The van der Waals surface area contributed by atoms with Crippen molar-refractivity contribution >= 4 is 32.0 Å². The lowest BCUT2D eigenvalue weighted by Gasteiger charge is -2.45. The van der Waals surface area contributed by atoms with E-state index in [-0.39, 0.29) is 24.1 Å². The highest BCUT2D eigenvalue weighted by atomic mass is 79.9. The molecule has 0 saturated carbocycles. The Hall–Kier alpha value is -2.42. The minimum absolute atomic E-state index is 0.0490. The van der Waals surface area contributed by atoms with Crippen molar-refractivity contribution in [3.63, 3.8) is 0 Å². The first-order valence-electron chi connectivity index (χ1n) is 11.1. The minimum Gasteiger partial charge on any atom is -0.449 e. The summed E-state index contributed by atoms with van der Waals surface area (Å²) in [5.41, 5.74) is 2.03. The number of nitrogens with zero attached hydrogens (tertiary/aromatic N) is 2. The van der Waals surface area contributed by atoms with Crippen molar-refractivity contribution in [1.29, 1.82) is 0 Å². The number of allylic oxidation sites excluding steroid dienone is 2. The lowest BCUT2D eigenvalue weighted by Crippen LogP contribution is -2.57. The van der Waals surface area contributed by atoms with E-state index in [0.29, 0.717) is 37.4 Å². The van der Waals surface area contributed by atoms with Gasteiger partial charge in [-0.3, -0.25) is 4.90 Å². The molecule has 2 aromatic carbocycles. The predicted octanol–water partition coefficient (Wildman–Crippen LogP) is 4.79. The molecule has 3 aliphatic rings. The zero-order valence-electron chi connectivity index (χ0n) is 18.0. The van der Waals surface area contributed by atoms with Gasteiger partial charge >= 0.3 is 6.09 Å². The zero-order valence-corrected chi connectivity index (χ0v) is 20.4. The average Bonchev–Trinajstić information content (AvgIpc) is 2.85. The molecule has 1 amide bonds. The molecule has 2 aromatic rings. The van der Waals surface area contributed by atoms with Crippen LogP contribution >= 0.6 is 15.9 Å². The number of amides is 1. The summed E-state index contributed by atoms with van der Waals surface area (Å²) < 4.78 is 34.4. The lowest BCUT2D eigenvalue weighted by atomic mass is 9.90. The molecule has 2 aliphatic heterocycles. The molecular formula is C25H25BrN2O4S. The highest BCUT2D eigenvalue weighted by Crippen LogP contribution is 2.34. The molecule has 0 radical (unpaired) electrons. The summed E-state index contributed by atoms with van der Waals surface area (Å²) in [5.74, 6) is 0.104. The number of sulfonamides is 1. The van der Waals surface area contributed by atoms with Crippen LogP contribution in [0.4, 0.5) is 4.79 Å². The molecule has 2 saturated heterocycles. The Morgan fingerprint density at radius 2 is 1.61 bits per heavy atom. The van der Waals surface area contributed by atoms with E-state index in [0.717, 1.165) is 15.6 Å². The van der Waals surface area contributed by atoms with E-state index in [4.69, 9.17) is 4.74 Å². The Kier molecular flexibility index (Phi) is 6.16. The number of rotatable bonds is 4. The molecule has 33 heavy (non-hydrogen) atoms. The minimum atomic E-state index is -3.59. The van der Waals surface area contributed by atoms with Crippen LogP contribution in [0.2, 0.25) is 0 Å². The fourth-order valence-electron chi connectivity index (χ4n) is 4.85. The fraction of sp³-hybridized carbons (Fsp3) is 0.320. The Morgan fingerprint density at radius 3 is 2.30 bits per heavy atom. The van der Waals surface area contributed by atoms with Crippen LogP contribution in [0.15, 0.2) is 82.2 Å². The number of halogens is 1. The average molecular weight is 529 g/mol. The van der Waals surface area contributed by atoms with Crippen molar-refractivity contribution in [3.8, 4) is 11.1 Å². The first kappa shape index (κ1) is 22.4. The number of benzene rings is 2. The summed E-state index contributed by atoms with van der Waals surface area (Å²) in [7, 11) is -3.59. The SMILES string of the molecule is O=C1OCC2C=C(Br)C=CC2N1C1CCN(S(=O)(=O)c2ccc(-c3ccccc3)cc2)CC1. The first-order valence-corrected chi connectivity index (χ1v) is 13.3. The van der Waals surface area contributed by atoms with Gasteiger partial charge in [0.05, 0.1) is 10.9 Å². The van der Waals surface area contributed by atoms with Crippen molar-refractivity contribution in [2.75, 3.05) is 19.7 Å². The second kappa shape index (κ2) is 9.08. The lowest BCUT2D eigenvalue weighted by molar-refractivity contribution is 0.00613. The molecule has 2 unspecified atom stereocenters. The maximum atomic E-state index is 13.2. The third-order valence-corrected chi connectivity index (χ3v) is 9.05. The molecule has 2 heterocycles. The smallest absolute Gasteiger partial charge is 0.410 e. The van der Waals surface area contributed by atoms with Crippen LogP contribution < -0.4 is 0 Å². The summed E-state index contributed by atoms with van der Waals surface area (Å²) in [6, 6.07) is 16.8. The Labute approximate surface area is 202 Å². The summed E-state index contributed by atoms with van der Waals surface area (Å²) in [4.78, 5) is 14.7. The van der Waals surface area contributed by atoms with Gasteiger partial charge in [-0.05, 0) is 36.1 Å². The molecule has 6 nitrogen and oxygen atoms in total. The van der Waals surface area contributed by atoms with E-state index in [9.17, 15) is 13.2 Å². The van der Waals surface area contributed by atoms with Crippen LogP contribution in [0.1, 0.15) is 12.8 Å². The van der Waals surface area contributed by atoms with Gasteiger partial charge in [-0.2, -0.15) is 4.31 Å². The van der Waals surface area contributed by atoms with Gasteiger partial charge in [0, 0.05) is 29.5 Å². The van der Waals surface area contributed by atoms with Crippen LogP contribution in [-0.2, 0) is 14.8 Å². The Bertz CT molecular complexity index is 1190. The molecule has 0 N–H and O–H groups in total. The van der Waals surface area contributed by atoms with Gasteiger partial charge in [0.1, 0.15) is 6.61 Å². The van der Waals surface area contributed by atoms with Crippen LogP contribution in [0.25, 0.3) is 11.1 Å². The topological polar surface area (TPSA) is 66.9 Å². The highest BCUT2D eigenvalue weighted by molar-refractivity contribution is 9.11. The van der Waals surface area contributed by atoms with Crippen molar-refractivity contribution in [2.24, 2.45) is 5.92 Å². The standard InChI is InChI=1S/C25H25BrN2O4S/c26-21-8-11-24-20(16-21)17-32-25(29)28(24)22-12-14-27(15-13-22)33(30,31)23-9-6-19(7-10-23)18-4-2-1-3-5-18/h1-11,16,20,22,24H,12-15,17H2. The predicted molar refractivity (Wildman–Crippen MR) is 130 cm³/mol. The molecule has 0 spiro atoms. The van der Waals surface area contributed by atoms with E-state index in [1.807, 2.05) is 54.6 Å². The van der Waals surface area contributed by atoms with Gasteiger partial charge in [-0.15, -0.1) is 0 Å². The van der Waals surface area contributed by atoms with Gasteiger partial charge in [0.2, 0.25) is 10.0 Å². The number of hydrogen-bond donors (Lipinski definition) is 0. The maximum Gasteiger partial charge on any atom is 0.410 e. The number of cyclic esters (lactones) is 1. The largest absolute Gasteiger partial charge is 0.449 e. The van der Waals surface area contributed by atoms with Crippen molar-refractivity contribution in [2.45, 2.75) is 29.8 Å². The summed E-state index contributed by atoms with van der Waals surface area (Å²) in [5, 5.41) is 0.